The molecule has 4 nitrogen and oxygen atoms in total. The Morgan fingerprint density at radius 3 is 2.14 bits per heavy atom. The van der Waals surface area contributed by atoms with E-state index in [0.29, 0.717) is 11.5 Å². The topological polar surface area (TPSA) is 36.5 Å². The number of nitrogens with one attached hydrogen (secondary N) is 2. The van der Waals surface area contributed by atoms with Crippen molar-refractivity contribution in [3.05, 3.63) is 0 Å². The molecule has 0 radical (unpaired) electrons. The predicted octanol–water partition coefficient (Wildman–Crippen LogP) is 2.74. The molecule has 0 bridgehead atoms. The maximum Gasteiger partial charge on any atom is 0.0707 e. The second-order valence-electron chi connectivity index (χ2n) is 6.12. The second-order valence-corrected chi connectivity index (χ2v) is 6.12. The molecule has 3 saturated heterocycles. The number of likely N-dealkylation sites (tertiary alicyclic amines) is 1. The van der Waals surface area contributed by atoms with Gasteiger partial charge in [0.2, 0.25) is 0 Å². The number of ether oxygens (including phenoxy) is 1. The number of nitrogens with zero attached hydrogens (tertiary/aromatic N) is 1. The van der Waals surface area contributed by atoms with E-state index in [0.717, 1.165) is 13.1 Å². The molecule has 3 heterocycles. The summed E-state index contributed by atoms with van der Waals surface area (Å²) in [6.07, 6.45) is 5.91. The lowest BCUT2D eigenvalue weighted by Crippen LogP contribution is -2.41. The van der Waals surface area contributed by atoms with Gasteiger partial charge in [0, 0.05) is 26.7 Å². The van der Waals surface area contributed by atoms with E-state index in [4.69, 9.17) is 4.74 Å². The molecule has 0 aliphatic carbocycles. The van der Waals surface area contributed by atoms with Crippen molar-refractivity contribution >= 4 is 0 Å². The standard InChI is InChI=1S/C9H18N2.C5H11NO.2C2H6/c1-11-6-4-9(8-11)3-2-5-10-7-9;1-7-5-2-3-6-4-5;2*1-2/h10H,2-8H2,1H3;5-6H,2-4H2,1H3;2*1-2H3. The van der Waals surface area contributed by atoms with E-state index in [1.807, 2.05) is 27.7 Å². The van der Waals surface area contributed by atoms with Gasteiger partial charge in [-0.2, -0.15) is 0 Å². The molecule has 1 spiro atoms. The van der Waals surface area contributed by atoms with Crippen molar-refractivity contribution in [2.45, 2.75) is 59.5 Å². The first kappa shape index (κ1) is 21.8. The molecule has 4 heteroatoms. The van der Waals surface area contributed by atoms with Crippen LogP contribution >= 0.6 is 0 Å². The van der Waals surface area contributed by atoms with Gasteiger partial charge in [0.15, 0.2) is 0 Å². The zero-order valence-electron chi connectivity index (χ0n) is 16.0. The summed E-state index contributed by atoms with van der Waals surface area (Å²) >= 11 is 0. The van der Waals surface area contributed by atoms with Crippen LogP contribution in [-0.2, 0) is 4.74 Å². The Kier molecular flexibility index (Phi) is 13.2. The zero-order chi connectivity index (χ0) is 16.8. The molecule has 0 aromatic rings. The fourth-order valence-corrected chi connectivity index (χ4v) is 3.37. The SMILES string of the molecule is CC.CC.CN1CCC2(CCCNC2)C1.COC1CCNC1. The molecule has 0 aromatic carbocycles. The number of hydrogen-bond donors (Lipinski definition) is 2. The average molecular weight is 316 g/mol. The highest BCUT2D eigenvalue weighted by Gasteiger charge is 2.37. The summed E-state index contributed by atoms with van der Waals surface area (Å²) in [6, 6.07) is 0. The molecule has 134 valence electrons. The molecule has 2 N–H and O–H groups in total. The Labute approximate surface area is 139 Å². The number of rotatable bonds is 1. The van der Waals surface area contributed by atoms with Crippen LogP contribution in [0.4, 0.5) is 0 Å². The summed E-state index contributed by atoms with van der Waals surface area (Å²) in [5.41, 5.74) is 0.660. The van der Waals surface area contributed by atoms with Crippen LogP contribution in [0.15, 0.2) is 0 Å². The summed E-state index contributed by atoms with van der Waals surface area (Å²) in [7, 11) is 4.00. The Morgan fingerprint density at radius 2 is 1.77 bits per heavy atom. The van der Waals surface area contributed by atoms with Crippen molar-refractivity contribution in [2.75, 3.05) is 53.4 Å². The molecule has 2 atom stereocenters. The van der Waals surface area contributed by atoms with Crippen LogP contribution in [0.3, 0.4) is 0 Å². The maximum absolute atomic E-state index is 5.05. The predicted molar refractivity (Wildman–Crippen MR) is 97.6 cm³/mol. The highest BCUT2D eigenvalue weighted by Crippen LogP contribution is 2.35. The summed E-state index contributed by atoms with van der Waals surface area (Å²) < 4.78 is 5.05. The van der Waals surface area contributed by atoms with Gasteiger partial charge >= 0.3 is 0 Å². The van der Waals surface area contributed by atoms with Crippen LogP contribution in [-0.4, -0.2) is 64.4 Å². The lowest BCUT2D eigenvalue weighted by Gasteiger charge is -2.33. The first-order chi connectivity index (χ1) is 10.7. The van der Waals surface area contributed by atoms with Gasteiger partial charge in [0.1, 0.15) is 0 Å². The molecule has 3 aliphatic rings. The fourth-order valence-electron chi connectivity index (χ4n) is 3.37. The van der Waals surface area contributed by atoms with Gasteiger partial charge in [-0.1, -0.05) is 27.7 Å². The summed E-state index contributed by atoms with van der Waals surface area (Å²) in [4.78, 5) is 2.47. The van der Waals surface area contributed by atoms with Crippen molar-refractivity contribution < 1.29 is 4.74 Å². The van der Waals surface area contributed by atoms with Gasteiger partial charge in [0.25, 0.3) is 0 Å². The van der Waals surface area contributed by atoms with Gasteiger partial charge < -0.3 is 20.3 Å². The van der Waals surface area contributed by atoms with Gasteiger partial charge in [-0.25, -0.2) is 0 Å². The van der Waals surface area contributed by atoms with E-state index < -0.39 is 0 Å². The fraction of sp³-hybridized carbons (Fsp3) is 1.00. The van der Waals surface area contributed by atoms with Crippen LogP contribution in [0.1, 0.15) is 53.4 Å². The van der Waals surface area contributed by atoms with E-state index in [1.54, 1.807) is 7.11 Å². The minimum Gasteiger partial charge on any atom is -0.380 e. The van der Waals surface area contributed by atoms with Crippen molar-refractivity contribution in [3.63, 3.8) is 0 Å². The third-order valence-electron chi connectivity index (χ3n) is 4.54. The molecular formula is C18H41N3O. The Hall–Kier alpha value is -0.160. The molecule has 2 unspecified atom stereocenters. The van der Waals surface area contributed by atoms with E-state index in [9.17, 15) is 0 Å². The monoisotopic (exact) mass is 315 g/mol. The van der Waals surface area contributed by atoms with E-state index in [2.05, 4.69) is 22.6 Å². The van der Waals surface area contributed by atoms with Crippen molar-refractivity contribution in [1.82, 2.24) is 15.5 Å². The minimum absolute atomic E-state index is 0.486. The maximum atomic E-state index is 5.05. The minimum atomic E-state index is 0.486. The highest BCUT2D eigenvalue weighted by atomic mass is 16.5. The molecule has 3 fully saturated rings. The van der Waals surface area contributed by atoms with Crippen LogP contribution in [0.2, 0.25) is 0 Å². The summed E-state index contributed by atoms with van der Waals surface area (Å²) in [5.74, 6) is 0. The molecule has 0 saturated carbocycles. The smallest absolute Gasteiger partial charge is 0.0707 e. The first-order valence-corrected chi connectivity index (χ1v) is 9.37. The van der Waals surface area contributed by atoms with Gasteiger partial charge in [0.05, 0.1) is 6.10 Å². The molecule has 3 rings (SSSR count). The van der Waals surface area contributed by atoms with Crippen molar-refractivity contribution in [3.8, 4) is 0 Å². The molecule has 0 aromatic heterocycles. The van der Waals surface area contributed by atoms with Gasteiger partial charge in [-0.05, 0) is 57.8 Å². The summed E-state index contributed by atoms with van der Waals surface area (Å²) in [5, 5.41) is 6.71. The zero-order valence-corrected chi connectivity index (χ0v) is 16.0. The van der Waals surface area contributed by atoms with Gasteiger partial charge in [-0.15, -0.1) is 0 Å². The quantitative estimate of drug-likeness (QED) is 0.780. The van der Waals surface area contributed by atoms with Crippen molar-refractivity contribution in [1.29, 1.82) is 0 Å². The van der Waals surface area contributed by atoms with E-state index >= 15 is 0 Å². The Morgan fingerprint density at radius 1 is 1.05 bits per heavy atom. The van der Waals surface area contributed by atoms with Gasteiger partial charge in [-0.3, -0.25) is 0 Å². The van der Waals surface area contributed by atoms with Crippen LogP contribution < -0.4 is 10.6 Å². The number of piperidine rings is 1. The van der Waals surface area contributed by atoms with Crippen LogP contribution in [0.25, 0.3) is 0 Å². The van der Waals surface area contributed by atoms with E-state index in [-0.39, 0.29) is 0 Å². The molecule has 0 amide bonds. The largest absolute Gasteiger partial charge is 0.380 e. The Balaban J connectivity index is 0.000000348. The highest BCUT2D eigenvalue weighted by molar-refractivity contribution is 4.92. The third kappa shape index (κ3) is 7.91. The molecule has 22 heavy (non-hydrogen) atoms. The van der Waals surface area contributed by atoms with Crippen LogP contribution in [0, 0.1) is 5.41 Å². The first-order valence-electron chi connectivity index (χ1n) is 9.37. The molecule has 3 aliphatic heterocycles. The van der Waals surface area contributed by atoms with Crippen molar-refractivity contribution in [2.24, 2.45) is 5.41 Å². The van der Waals surface area contributed by atoms with Crippen LogP contribution in [0.5, 0.6) is 0 Å². The normalized spacial score (nSPS) is 30.5. The summed E-state index contributed by atoms with van der Waals surface area (Å²) in [6.45, 7) is 15.3. The Bertz CT molecular complexity index is 231. The molecular weight excluding hydrogens is 274 g/mol. The second kappa shape index (κ2) is 13.3. The number of hydrogen-bond acceptors (Lipinski definition) is 4. The third-order valence-corrected chi connectivity index (χ3v) is 4.54. The lowest BCUT2D eigenvalue weighted by atomic mass is 9.80. The number of methoxy groups -OCH3 is 1. The van der Waals surface area contributed by atoms with E-state index in [1.165, 1.54) is 51.9 Å². The average Bonchev–Trinajstić information content (AvgIpc) is 3.23. The lowest BCUT2D eigenvalue weighted by molar-refractivity contribution is 0.119.